The fraction of sp³-hybridized carbons (Fsp3) is 0.360. The van der Waals surface area contributed by atoms with Crippen molar-refractivity contribution in [2.24, 2.45) is 0 Å². The Bertz CT molecular complexity index is 1190. The Hall–Kier alpha value is -2.91. The molecule has 4 heterocycles. The van der Waals surface area contributed by atoms with Crippen LogP contribution in [-0.2, 0) is 4.79 Å². The molecule has 2 N–H and O–H groups in total. The van der Waals surface area contributed by atoms with E-state index in [1.807, 2.05) is 4.90 Å². The lowest BCUT2D eigenvalue weighted by Gasteiger charge is -2.33. The van der Waals surface area contributed by atoms with Gasteiger partial charge in [0.05, 0.1) is 18.8 Å². The molecule has 2 aromatic heterocycles. The number of carbonyl (C=O) groups excluding carboxylic acids is 1. The number of hydrogen-bond donors (Lipinski definition) is 2. The van der Waals surface area contributed by atoms with E-state index in [4.69, 9.17) is 4.74 Å². The Morgan fingerprint density at radius 1 is 1.18 bits per heavy atom. The first-order valence-electron chi connectivity index (χ1n) is 11.3. The fourth-order valence-electron chi connectivity index (χ4n) is 4.20. The number of ether oxygens (including phenoxy) is 1. The average molecular weight is 530 g/mol. The van der Waals surface area contributed by atoms with Gasteiger partial charge >= 0.3 is 0 Å². The molecule has 0 spiro atoms. The molecule has 5 rings (SSSR count). The first-order chi connectivity index (χ1) is 16.5. The number of aromatic nitrogens is 2. The van der Waals surface area contributed by atoms with Crippen LogP contribution >= 0.6 is 15.9 Å². The van der Waals surface area contributed by atoms with Gasteiger partial charge in [0, 0.05) is 54.3 Å². The first-order valence-corrected chi connectivity index (χ1v) is 12.1. The number of rotatable bonds is 4. The van der Waals surface area contributed by atoms with Crippen LogP contribution in [0, 0.1) is 12.7 Å². The largest absolute Gasteiger partial charge is 0.493 e. The number of nitrogens with one attached hydrogen (secondary N) is 2. The predicted molar refractivity (Wildman–Crippen MR) is 137 cm³/mol. The SMILES string of the molecule is COc1cc(F)cnc1N1CCN(C=O)CC1.Cc1cc(Br)c2[nH]c(C3=CCCNC3)cc2c1. The van der Waals surface area contributed by atoms with Crippen molar-refractivity contribution in [1.29, 1.82) is 0 Å². The summed E-state index contributed by atoms with van der Waals surface area (Å²) in [5, 5.41) is 4.68. The number of H-pyrrole nitrogens is 1. The number of pyridine rings is 1. The monoisotopic (exact) mass is 529 g/mol. The molecular formula is C25H29BrFN5O2. The highest BCUT2D eigenvalue weighted by atomic mass is 79.9. The zero-order valence-corrected chi connectivity index (χ0v) is 21.0. The van der Waals surface area contributed by atoms with Crippen molar-refractivity contribution in [2.45, 2.75) is 13.3 Å². The van der Waals surface area contributed by atoms with E-state index in [2.05, 4.69) is 62.4 Å². The number of benzene rings is 1. The smallest absolute Gasteiger partial charge is 0.209 e. The van der Waals surface area contributed by atoms with E-state index in [9.17, 15) is 9.18 Å². The van der Waals surface area contributed by atoms with E-state index < -0.39 is 5.82 Å². The van der Waals surface area contributed by atoms with E-state index in [1.165, 1.54) is 47.1 Å². The minimum absolute atomic E-state index is 0.419. The molecule has 1 saturated heterocycles. The zero-order valence-electron chi connectivity index (χ0n) is 19.4. The number of hydrogen-bond acceptors (Lipinski definition) is 5. The van der Waals surface area contributed by atoms with Gasteiger partial charge in [0.2, 0.25) is 6.41 Å². The molecule has 180 valence electrons. The first kappa shape index (κ1) is 24.2. The van der Waals surface area contributed by atoms with Crippen LogP contribution in [0.15, 0.2) is 41.0 Å². The van der Waals surface area contributed by atoms with E-state index in [-0.39, 0.29) is 0 Å². The minimum Gasteiger partial charge on any atom is -0.493 e. The summed E-state index contributed by atoms with van der Waals surface area (Å²) in [6.07, 6.45) is 5.45. The Kier molecular flexibility index (Phi) is 7.84. The Labute approximate surface area is 207 Å². The second-order valence-electron chi connectivity index (χ2n) is 8.40. The third-order valence-electron chi connectivity index (χ3n) is 5.98. The number of methoxy groups -OCH3 is 1. The molecule has 34 heavy (non-hydrogen) atoms. The Balaban J connectivity index is 0.000000161. The van der Waals surface area contributed by atoms with Crippen LogP contribution in [0.3, 0.4) is 0 Å². The van der Waals surface area contributed by atoms with E-state index in [0.29, 0.717) is 37.7 Å². The molecule has 2 aliphatic heterocycles. The van der Waals surface area contributed by atoms with Gasteiger partial charge in [0.1, 0.15) is 5.82 Å². The highest BCUT2D eigenvalue weighted by molar-refractivity contribution is 9.10. The number of nitrogens with zero attached hydrogens (tertiary/aromatic N) is 3. The molecule has 7 nitrogen and oxygen atoms in total. The fourth-order valence-corrected chi connectivity index (χ4v) is 4.89. The maximum absolute atomic E-state index is 13.0. The molecule has 0 atom stereocenters. The molecule has 0 unspecified atom stereocenters. The number of carbonyl (C=O) groups is 1. The summed E-state index contributed by atoms with van der Waals surface area (Å²) in [7, 11) is 1.49. The molecular weight excluding hydrogens is 501 g/mol. The summed E-state index contributed by atoms with van der Waals surface area (Å²) in [5.41, 5.74) is 5.08. The minimum atomic E-state index is -0.419. The second-order valence-corrected chi connectivity index (χ2v) is 9.25. The van der Waals surface area contributed by atoms with Gasteiger partial charge in [-0.05, 0) is 65.2 Å². The second kappa shape index (κ2) is 11.0. The molecule has 1 aromatic carbocycles. The number of anilines is 1. The summed E-state index contributed by atoms with van der Waals surface area (Å²) in [4.78, 5) is 21.8. The van der Waals surface area contributed by atoms with Crippen LogP contribution in [0.2, 0.25) is 0 Å². The molecule has 0 radical (unpaired) electrons. The standard InChI is InChI=1S/C14H15BrN2.C11H14FN3O2/c1-9-5-11-7-13(10-3-2-4-16-8-10)17-14(11)12(15)6-9;1-17-10-6-9(12)7-13-11(10)15-4-2-14(8-16)3-5-15/h3,5-7,16-17H,2,4,8H2,1H3;6-8H,2-5H2,1H3. The summed E-state index contributed by atoms with van der Waals surface area (Å²) < 4.78 is 19.2. The summed E-state index contributed by atoms with van der Waals surface area (Å²) in [6.45, 7) is 6.81. The highest BCUT2D eigenvalue weighted by Gasteiger charge is 2.20. The maximum atomic E-state index is 13.0. The van der Waals surface area contributed by atoms with Crippen LogP contribution < -0.4 is 15.0 Å². The van der Waals surface area contributed by atoms with Crippen molar-refractivity contribution in [2.75, 3.05) is 51.3 Å². The van der Waals surface area contributed by atoms with Crippen LogP contribution in [0.1, 0.15) is 17.7 Å². The summed E-state index contributed by atoms with van der Waals surface area (Å²) in [5.74, 6) is 0.626. The molecule has 3 aromatic rings. The van der Waals surface area contributed by atoms with Crippen LogP contribution in [0.5, 0.6) is 5.75 Å². The quantitative estimate of drug-likeness (QED) is 0.497. The lowest BCUT2D eigenvalue weighted by Crippen LogP contribution is -2.46. The van der Waals surface area contributed by atoms with E-state index in [1.54, 1.807) is 4.90 Å². The number of aryl methyl sites for hydroxylation is 1. The third-order valence-corrected chi connectivity index (χ3v) is 6.61. The summed E-state index contributed by atoms with van der Waals surface area (Å²) in [6, 6.07) is 7.92. The van der Waals surface area contributed by atoms with E-state index in [0.717, 1.165) is 30.4 Å². The van der Waals surface area contributed by atoms with Crippen molar-refractivity contribution < 1.29 is 13.9 Å². The van der Waals surface area contributed by atoms with Crippen LogP contribution in [-0.4, -0.2) is 67.7 Å². The van der Waals surface area contributed by atoms with Crippen molar-refractivity contribution in [3.05, 3.63) is 58.1 Å². The zero-order chi connectivity index (χ0) is 24.1. The topological polar surface area (TPSA) is 73.5 Å². The van der Waals surface area contributed by atoms with E-state index >= 15 is 0 Å². The molecule has 0 bridgehead atoms. The summed E-state index contributed by atoms with van der Waals surface area (Å²) >= 11 is 3.62. The highest BCUT2D eigenvalue weighted by Crippen LogP contribution is 2.29. The molecule has 0 saturated carbocycles. The Morgan fingerprint density at radius 3 is 2.65 bits per heavy atom. The molecule has 2 aliphatic rings. The molecule has 9 heteroatoms. The number of piperazine rings is 1. The predicted octanol–water partition coefficient (Wildman–Crippen LogP) is 4.12. The number of halogens is 2. The van der Waals surface area contributed by atoms with Gasteiger partial charge in [-0.15, -0.1) is 0 Å². The average Bonchev–Trinajstić information content (AvgIpc) is 3.29. The van der Waals surface area contributed by atoms with Gasteiger partial charge < -0.3 is 24.8 Å². The van der Waals surface area contributed by atoms with Gasteiger partial charge in [-0.1, -0.05) is 6.08 Å². The number of amides is 1. The number of aromatic amines is 1. The van der Waals surface area contributed by atoms with Crippen LogP contribution in [0.25, 0.3) is 16.5 Å². The normalized spacial score (nSPS) is 16.1. The molecule has 1 fully saturated rings. The van der Waals surface area contributed by atoms with Gasteiger partial charge in [0.25, 0.3) is 0 Å². The van der Waals surface area contributed by atoms with Crippen molar-refractivity contribution >= 4 is 44.6 Å². The molecule has 1 amide bonds. The number of fused-ring (bicyclic) bond motifs is 1. The van der Waals surface area contributed by atoms with Gasteiger partial charge in [-0.3, -0.25) is 4.79 Å². The van der Waals surface area contributed by atoms with Crippen molar-refractivity contribution in [3.8, 4) is 5.75 Å². The molecule has 0 aliphatic carbocycles. The lowest BCUT2D eigenvalue weighted by atomic mass is 10.1. The third kappa shape index (κ3) is 5.59. The van der Waals surface area contributed by atoms with Crippen LogP contribution in [0.4, 0.5) is 10.2 Å². The van der Waals surface area contributed by atoms with Gasteiger partial charge in [-0.25, -0.2) is 9.37 Å². The maximum Gasteiger partial charge on any atom is 0.209 e. The van der Waals surface area contributed by atoms with Crippen molar-refractivity contribution in [1.82, 2.24) is 20.2 Å². The van der Waals surface area contributed by atoms with Gasteiger partial charge in [0.15, 0.2) is 11.6 Å². The van der Waals surface area contributed by atoms with Gasteiger partial charge in [-0.2, -0.15) is 0 Å². The Morgan fingerprint density at radius 2 is 1.97 bits per heavy atom. The van der Waals surface area contributed by atoms with Crippen molar-refractivity contribution in [3.63, 3.8) is 0 Å². The lowest BCUT2D eigenvalue weighted by molar-refractivity contribution is -0.118.